The van der Waals surface area contributed by atoms with Gasteiger partial charge in [0, 0.05) is 48.3 Å². The maximum Gasteiger partial charge on any atom is 0.251 e. The van der Waals surface area contributed by atoms with Crippen molar-refractivity contribution < 1.29 is 4.79 Å². The number of fused-ring (bicyclic) bond motifs is 1. The van der Waals surface area contributed by atoms with Gasteiger partial charge in [-0.15, -0.1) is 0 Å². The van der Waals surface area contributed by atoms with E-state index in [0.29, 0.717) is 0 Å². The number of rotatable bonds is 5. The molecule has 0 atom stereocenters. The van der Waals surface area contributed by atoms with Crippen molar-refractivity contribution in [2.45, 2.75) is 32.2 Å². The van der Waals surface area contributed by atoms with E-state index < -0.39 is 0 Å². The molecule has 0 unspecified atom stereocenters. The van der Waals surface area contributed by atoms with Gasteiger partial charge in [-0.3, -0.25) is 4.79 Å². The van der Waals surface area contributed by atoms with Crippen LogP contribution < -0.4 is 5.32 Å². The molecule has 0 spiro atoms. The van der Waals surface area contributed by atoms with Crippen LogP contribution in [0.25, 0.3) is 10.9 Å². The molecule has 3 aromatic rings. The lowest BCUT2D eigenvalue weighted by Crippen LogP contribution is -2.45. The van der Waals surface area contributed by atoms with E-state index >= 15 is 0 Å². The molecule has 1 aromatic heterocycles. The molecule has 0 aliphatic carbocycles. The quantitative estimate of drug-likeness (QED) is 0.724. The number of aryl methyl sites for hydroxylation is 1. The highest BCUT2D eigenvalue weighted by Gasteiger charge is 2.21. The summed E-state index contributed by atoms with van der Waals surface area (Å²) in [6.45, 7) is 5.19. The van der Waals surface area contributed by atoms with Crippen LogP contribution in [0.1, 0.15) is 34.3 Å². The summed E-state index contributed by atoms with van der Waals surface area (Å²) in [7, 11) is 0. The third-order valence-electron chi connectivity index (χ3n) is 5.61. The van der Waals surface area contributed by atoms with Crippen LogP contribution >= 0.6 is 0 Å². The lowest BCUT2D eigenvalue weighted by molar-refractivity contribution is 0.0911. The Hall–Kier alpha value is -2.59. The summed E-state index contributed by atoms with van der Waals surface area (Å²) in [6, 6.07) is 16.5. The van der Waals surface area contributed by atoms with Gasteiger partial charge in [0.1, 0.15) is 0 Å². The molecule has 2 aromatic carbocycles. The van der Waals surface area contributed by atoms with Crippen molar-refractivity contribution in [3.63, 3.8) is 0 Å². The van der Waals surface area contributed by atoms with Gasteiger partial charge in [-0.05, 0) is 49.9 Å². The summed E-state index contributed by atoms with van der Waals surface area (Å²) in [6.07, 6.45) is 5.24. The van der Waals surface area contributed by atoms with E-state index in [9.17, 15) is 4.79 Å². The van der Waals surface area contributed by atoms with Crippen molar-refractivity contribution in [1.82, 2.24) is 15.2 Å². The summed E-state index contributed by atoms with van der Waals surface area (Å²) in [5.41, 5.74) is 4.53. The van der Waals surface area contributed by atoms with Crippen LogP contribution in [0.3, 0.4) is 0 Å². The Morgan fingerprint density at radius 1 is 1.11 bits per heavy atom. The van der Waals surface area contributed by atoms with Gasteiger partial charge in [0.15, 0.2) is 0 Å². The van der Waals surface area contributed by atoms with E-state index in [1.165, 1.54) is 22.0 Å². The van der Waals surface area contributed by atoms with Crippen LogP contribution in [0.15, 0.2) is 54.7 Å². The van der Waals surface area contributed by atoms with Crippen molar-refractivity contribution in [2.75, 3.05) is 19.6 Å². The van der Waals surface area contributed by atoms with Gasteiger partial charge in [0.05, 0.1) is 0 Å². The highest BCUT2D eigenvalue weighted by atomic mass is 16.1. The number of nitrogens with one attached hydrogen (secondary N) is 2. The number of aromatic amines is 1. The van der Waals surface area contributed by atoms with Gasteiger partial charge in [0.2, 0.25) is 0 Å². The van der Waals surface area contributed by atoms with E-state index in [0.717, 1.165) is 44.5 Å². The van der Waals surface area contributed by atoms with E-state index in [1.54, 1.807) is 0 Å². The van der Waals surface area contributed by atoms with Crippen LogP contribution in [-0.4, -0.2) is 41.5 Å². The number of para-hydroxylation sites is 1. The first kappa shape index (κ1) is 17.8. The minimum atomic E-state index is 0.0484. The van der Waals surface area contributed by atoms with Gasteiger partial charge < -0.3 is 15.2 Å². The number of nitrogens with zero attached hydrogens (tertiary/aromatic N) is 1. The maximum absolute atomic E-state index is 12.4. The zero-order valence-electron chi connectivity index (χ0n) is 15.9. The SMILES string of the molecule is Cc1ccc(C(=O)NC2CCN(CCc3c[nH]c4ccccc34)CC2)cc1. The molecule has 4 heteroatoms. The molecule has 1 fully saturated rings. The average Bonchev–Trinajstić information content (AvgIpc) is 3.11. The molecule has 0 saturated carbocycles. The van der Waals surface area contributed by atoms with Gasteiger partial charge in [-0.1, -0.05) is 35.9 Å². The molecule has 1 aliphatic rings. The Morgan fingerprint density at radius 3 is 2.63 bits per heavy atom. The zero-order valence-corrected chi connectivity index (χ0v) is 15.9. The molecule has 4 nitrogen and oxygen atoms in total. The molecular formula is C23H27N3O. The van der Waals surface area contributed by atoms with Gasteiger partial charge in [0.25, 0.3) is 5.91 Å². The van der Waals surface area contributed by atoms with Crippen molar-refractivity contribution in [1.29, 1.82) is 0 Å². The number of carbonyl (C=O) groups is 1. The predicted molar refractivity (Wildman–Crippen MR) is 110 cm³/mol. The molecule has 1 amide bonds. The molecule has 140 valence electrons. The minimum absolute atomic E-state index is 0.0484. The summed E-state index contributed by atoms with van der Waals surface area (Å²) in [5.74, 6) is 0.0484. The molecule has 4 rings (SSSR count). The number of H-pyrrole nitrogens is 1. The normalized spacial score (nSPS) is 15.9. The van der Waals surface area contributed by atoms with E-state index in [4.69, 9.17) is 0 Å². The Morgan fingerprint density at radius 2 is 1.85 bits per heavy atom. The second-order valence-corrected chi connectivity index (χ2v) is 7.56. The van der Waals surface area contributed by atoms with Gasteiger partial charge >= 0.3 is 0 Å². The van der Waals surface area contributed by atoms with Crippen molar-refractivity contribution >= 4 is 16.8 Å². The maximum atomic E-state index is 12.4. The van der Waals surface area contributed by atoms with Crippen LogP contribution in [0.4, 0.5) is 0 Å². The molecule has 1 aliphatic heterocycles. The van der Waals surface area contributed by atoms with Crippen LogP contribution in [0, 0.1) is 6.92 Å². The van der Waals surface area contributed by atoms with E-state index in [2.05, 4.69) is 45.7 Å². The Kier molecular flexibility index (Phi) is 5.26. The van der Waals surface area contributed by atoms with E-state index in [1.807, 2.05) is 31.2 Å². The van der Waals surface area contributed by atoms with Crippen LogP contribution in [0.5, 0.6) is 0 Å². The lowest BCUT2D eigenvalue weighted by atomic mass is 10.0. The third kappa shape index (κ3) is 4.22. The van der Waals surface area contributed by atoms with Gasteiger partial charge in [-0.25, -0.2) is 0 Å². The summed E-state index contributed by atoms with van der Waals surface area (Å²) < 4.78 is 0. The molecule has 2 N–H and O–H groups in total. The van der Waals surface area contributed by atoms with E-state index in [-0.39, 0.29) is 11.9 Å². The first-order valence-corrected chi connectivity index (χ1v) is 9.84. The number of amides is 1. The Balaban J connectivity index is 1.25. The van der Waals surface area contributed by atoms with Crippen molar-refractivity contribution in [3.8, 4) is 0 Å². The molecule has 27 heavy (non-hydrogen) atoms. The monoisotopic (exact) mass is 361 g/mol. The first-order chi connectivity index (χ1) is 13.2. The van der Waals surface area contributed by atoms with Gasteiger partial charge in [-0.2, -0.15) is 0 Å². The number of hydrogen-bond donors (Lipinski definition) is 2. The summed E-state index contributed by atoms with van der Waals surface area (Å²) in [4.78, 5) is 18.3. The molecule has 2 heterocycles. The molecule has 0 bridgehead atoms. The molecule has 1 saturated heterocycles. The number of hydrogen-bond acceptors (Lipinski definition) is 2. The summed E-state index contributed by atoms with van der Waals surface area (Å²) >= 11 is 0. The highest BCUT2D eigenvalue weighted by molar-refractivity contribution is 5.94. The number of carbonyl (C=O) groups excluding carboxylic acids is 1. The predicted octanol–water partition coefficient (Wildman–Crippen LogP) is 3.91. The number of benzene rings is 2. The van der Waals surface area contributed by atoms with Crippen molar-refractivity contribution in [3.05, 3.63) is 71.4 Å². The second kappa shape index (κ2) is 7.97. The fourth-order valence-electron chi connectivity index (χ4n) is 3.89. The smallest absolute Gasteiger partial charge is 0.251 e. The fraction of sp³-hybridized carbons (Fsp3) is 0.348. The van der Waals surface area contributed by atoms with Crippen LogP contribution in [0.2, 0.25) is 0 Å². The van der Waals surface area contributed by atoms with Crippen LogP contribution in [-0.2, 0) is 6.42 Å². The number of aromatic nitrogens is 1. The second-order valence-electron chi connectivity index (χ2n) is 7.56. The number of piperidine rings is 1. The minimum Gasteiger partial charge on any atom is -0.361 e. The zero-order chi connectivity index (χ0) is 18.6. The number of likely N-dealkylation sites (tertiary alicyclic amines) is 1. The highest BCUT2D eigenvalue weighted by Crippen LogP contribution is 2.19. The fourth-order valence-corrected chi connectivity index (χ4v) is 3.89. The largest absolute Gasteiger partial charge is 0.361 e. The molecule has 0 radical (unpaired) electrons. The Labute approximate surface area is 160 Å². The topological polar surface area (TPSA) is 48.1 Å². The Bertz CT molecular complexity index is 905. The van der Waals surface area contributed by atoms with Crippen molar-refractivity contribution in [2.24, 2.45) is 0 Å². The molecular weight excluding hydrogens is 334 g/mol. The summed E-state index contributed by atoms with van der Waals surface area (Å²) in [5, 5.41) is 4.53. The lowest BCUT2D eigenvalue weighted by Gasteiger charge is -2.32. The first-order valence-electron chi connectivity index (χ1n) is 9.84. The average molecular weight is 361 g/mol. The standard InChI is InChI=1S/C23H27N3O/c1-17-6-8-18(9-7-17)23(27)25-20-11-14-26(15-12-20)13-10-19-16-24-22-5-3-2-4-21(19)22/h2-9,16,20,24H,10-15H2,1H3,(H,25,27). The third-order valence-corrected chi connectivity index (χ3v) is 5.61.